The van der Waals surface area contributed by atoms with Crippen molar-refractivity contribution in [1.29, 1.82) is 0 Å². The number of esters is 1. The van der Waals surface area contributed by atoms with Crippen LogP contribution in [0.3, 0.4) is 0 Å². The standard InChI is InChI=1S/C14H15ClN2O3S/c1-6-4-7(15)5-8-10-9(12(18)19-3)14(2,20-11(6)8)17-13(21)16-10/h4-5,9-10H,1-3H3,(H2,16,17,21). The molecule has 0 amide bonds. The predicted octanol–water partition coefficient (Wildman–Crippen LogP) is 2.07. The highest BCUT2D eigenvalue weighted by atomic mass is 35.5. The summed E-state index contributed by atoms with van der Waals surface area (Å²) in [6.07, 6.45) is 0. The number of rotatable bonds is 1. The summed E-state index contributed by atoms with van der Waals surface area (Å²) in [7, 11) is 1.36. The number of aryl methyl sites for hydroxylation is 1. The molecule has 3 rings (SSSR count). The van der Waals surface area contributed by atoms with Crippen molar-refractivity contribution in [2.75, 3.05) is 7.11 Å². The SMILES string of the molecule is COC(=O)C1C2NC(=S)NC1(C)Oc1c(C)cc(Cl)cc12. The second-order valence-corrected chi connectivity index (χ2v) is 6.27. The van der Waals surface area contributed by atoms with Crippen LogP contribution in [-0.4, -0.2) is 23.9 Å². The molecule has 2 bridgehead atoms. The lowest BCUT2D eigenvalue weighted by atomic mass is 9.80. The molecule has 0 spiro atoms. The average molecular weight is 327 g/mol. The molecule has 21 heavy (non-hydrogen) atoms. The summed E-state index contributed by atoms with van der Waals surface area (Å²) >= 11 is 11.4. The van der Waals surface area contributed by atoms with Crippen molar-refractivity contribution in [3.05, 3.63) is 28.3 Å². The summed E-state index contributed by atoms with van der Waals surface area (Å²) in [6.45, 7) is 3.71. The topological polar surface area (TPSA) is 59.6 Å². The Labute approximate surface area is 132 Å². The van der Waals surface area contributed by atoms with Crippen LogP contribution in [0.4, 0.5) is 0 Å². The summed E-state index contributed by atoms with van der Waals surface area (Å²) in [5.74, 6) is -0.220. The molecule has 3 unspecified atom stereocenters. The number of thiocarbonyl (C=S) groups is 1. The van der Waals surface area contributed by atoms with E-state index in [2.05, 4.69) is 10.6 Å². The number of ether oxygens (including phenoxy) is 2. The van der Waals surface area contributed by atoms with Gasteiger partial charge in [0.1, 0.15) is 11.7 Å². The van der Waals surface area contributed by atoms with Crippen LogP contribution >= 0.6 is 23.8 Å². The van der Waals surface area contributed by atoms with Gasteiger partial charge >= 0.3 is 5.97 Å². The Balaban J connectivity index is 2.20. The van der Waals surface area contributed by atoms with Gasteiger partial charge in [0.2, 0.25) is 0 Å². The number of methoxy groups -OCH3 is 1. The molecule has 0 aliphatic carbocycles. The minimum Gasteiger partial charge on any atom is -0.469 e. The van der Waals surface area contributed by atoms with Gasteiger partial charge in [0.05, 0.1) is 13.2 Å². The van der Waals surface area contributed by atoms with Crippen LogP contribution in [0.1, 0.15) is 24.1 Å². The van der Waals surface area contributed by atoms with Gasteiger partial charge in [-0.1, -0.05) is 11.6 Å². The molecular weight excluding hydrogens is 312 g/mol. The molecule has 0 saturated carbocycles. The summed E-state index contributed by atoms with van der Waals surface area (Å²) in [5.41, 5.74) is 0.774. The van der Waals surface area contributed by atoms with Gasteiger partial charge in [0.25, 0.3) is 0 Å². The fourth-order valence-corrected chi connectivity index (χ4v) is 3.67. The van der Waals surface area contributed by atoms with Crippen molar-refractivity contribution in [1.82, 2.24) is 10.6 Å². The zero-order valence-electron chi connectivity index (χ0n) is 11.8. The molecule has 7 heteroatoms. The lowest BCUT2D eigenvalue weighted by Crippen LogP contribution is -2.70. The van der Waals surface area contributed by atoms with Gasteiger partial charge in [-0.2, -0.15) is 0 Å². The molecule has 1 fully saturated rings. The number of halogens is 1. The van der Waals surface area contributed by atoms with Gasteiger partial charge in [-0.05, 0) is 43.8 Å². The third-order valence-corrected chi connectivity index (χ3v) is 4.39. The van der Waals surface area contributed by atoms with Gasteiger partial charge in [-0.25, -0.2) is 0 Å². The molecule has 1 aromatic carbocycles. The van der Waals surface area contributed by atoms with E-state index in [1.54, 1.807) is 13.0 Å². The van der Waals surface area contributed by atoms with E-state index in [4.69, 9.17) is 33.3 Å². The second kappa shape index (κ2) is 4.74. The number of carbonyl (C=O) groups is 1. The van der Waals surface area contributed by atoms with E-state index in [-0.39, 0.29) is 12.0 Å². The van der Waals surface area contributed by atoms with Gasteiger partial charge in [0.15, 0.2) is 10.8 Å². The van der Waals surface area contributed by atoms with Crippen molar-refractivity contribution in [2.45, 2.75) is 25.6 Å². The maximum atomic E-state index is 12.2. The Kier molecular flexibility index (Phi) is 3.26. The first kappa shape index (κ1) is 14.4. The molecule has 5 nitrogen and oxygen atoms in total. The minimum atomic E-state index is -0.953. The molecule has 2 aliphatic heterocycles. The van der Waals surface area contributed by atoms with Crippen molar-refractivity contribution < 1.29 is 14.3 Å². The van der Waals surface area contributed by atoms with Crippen LogP contribution < -0.4 is 15.4 Å². The zero-order valence-corrected chi connectivity index (χ0v) is 13.4. The van der Waals surface area contributed by atoms with Crippen molar-refractivity contribution in [3.63, 3.8) is 0 Å². The Bertz CT molecular complexity index is 651. The molecular formula is C14H15ClN2O3S. The number of carbonyl (C=O) groups excluding carboxylic acids is 1. The minimum absolute atomic E-state index is 0.336. The normalized spacial score (nSPS) is 29.6. The maximum absolute atomic E-state index is 12.2. The van der Waals surface area contributed by atoms with Gasteiger partial charge in [0, 0.05) is 10.6 Å². The van der Waals surface area contributed by atoms with E-state index in [1.165, 1.54) is 7.11 Å². The first-order chi connectivity index (χ1) is 9.85. The second-order valence-electron chi connectivity index (χ2n) is 5.43. The lowest BCUT2D eigenvalue weighted by Gasteiger charge is -2.50. The summed E-state index contributed by atoms with van der Waals surface area (Å²) in [6, 6.07) is 3.29. The Morgan fingerprint density at radius 3 is 2.90 bits per heavy atom. The molecule has 1 aromatic rings. The number of hydrogen-bond donors (Lipinski definition) is 2. The fourth-order valence-electron chi connectivity index (χ4n) is 3.05. The monoisotopic (exact) mass is 326 g/mol. The Morgan fingerprint density at radius 2 is 2.24 bits per heavy atom. The van der Waals surface area contributed by atoms with Crippen LogP contribution in [-0.2, 0) is 9.53 Å². The van der Waals surface area contributed by atoms with Crippen molar-refractivity contribution in [3.8, 4) is 5.75 Å². The third kappa shape index (κ3) is 2.13. The van der Waals surface area contributed by atoms with E-state index >= 15 is 0 Å². The third-order valence-electron chi connectivity index (χ3n) is 3.95. The van der Waals surface area contributed by atoms with Crippen LogP contribution in [0, 0.1) is 12.8 Å². The number of hydrogen-bond acceptors (Lipinski definition) is 4. The fraction of sp³-hybridized carbons (Fsp3) is 0.429. The summed E-state index contributed by atoms with van der Waals surface area (Å²) < 4.78 is 11.0. The molecule has 0 radical (unpaired) electrons. The van der Waals surface area contributed by atoms with Crippen LogP contribution in [0.2, 0.25) is 5.02 Å². The highest BCUT2D eigenvalue weighted by molar-refractivity contribution is 7.80. The van der Waals surface area contributed by atoms with Crippen molar-refractivity contribution in [2.24, 2.45) is 5.92 Å². The van der Waals surface area contributed by atoms with E-state index in [1.807, 2.05) is 13.0 Å². The Hall–Kier alpha value is -1.53. The van der Waals surface area contributed by atoms with Gasteiger partial charge in [-0.3, -0.25) is 4.79 Å². The quantitative estimate of drug-likeness (QED) is 0.608. The number of benzene rings is 1. The van der Waals surface area contributed by atoms with Crippen LogP contribution in [0.5, 0.6) is 5.75 Å². The summed E-state index contributed by atoms with van der Waals surface area (Å²) in [4.78, 5) is 12.2. The van der Waals surface area contributed by atoms with Gasteiger partial charge in [-0.15, -0.1) is 0 Å². The number of fused-ring (bicyclic) bond motifs is 4. The van der Waals surface area contributed by atoms with Crippen LogP contribution in [0.15, 0.2) is 12.1 Å². The molecule has 112 valence electrons. The van der Waals surface area contributed by atoms with E-state index in [9.17, 15) is 4.79 Å². The molecule has 2 heterocycles. The van der Waals surface area contributed by atoms with Crippen molar-refractivity contribution >= 4 is 34.9 Å². The largest absolute Gasteiger partial charge is 0.469 e. The number of nitrogens with one attached hydrogen (secondary N) is 2. The molecule has 3 atom stereocenters. The lowest BCUT2D eigenvalue weighted by molar-refractivity contribution is -0.159. The Morgan fingerprint density at radius 1 is 1.52 bits per heavy atom. The highest BCUT2D eigenvalue weighted by Gasteiger charge is 2.55. The molecule has 2 aliphatic rings. The first-order valence-corrected chi connectivity index (χ1v) is 7.30. The summed E-state index contributed by atoms with van der Waals surface area (Å²) in [5, 5.41) is 7.19. The molecule has 1 saturated heterocycles. The molecule has 0 aromatic heterocycles. The predicted molar refractivity (Wildman–Crippen MR) is 82.3 cm³/mol. The highest BCUT2D eigenvalue weighted by Crippen LogP contribution is 2.47. The van der Waals surface area contributed by atoms with E-state index < -0.39 is 11.6 Å². The van der Waals surface area contributed by atoms with E-state index in [0.717, 1.165) is 16.9 Å². The average Bonchev–Trinajstić information content (AvgIpc) is 2.38. The smallest absolute Gasteiger partial charge is 0.317 e. The van der Waals surface area contributed by atoms with Crippen LogP contribution in [0.25, 0.3) is 0 Å². The molecule has 2 N–H and O–H groups in total. The zero-order chi connectivity index (χ0) is 15.4. The van der Waals surface area contributed by atoms with Gasteiger partial charge < -0.3 is 20.1 Å². The first-order valence-electron chi connectivity index (χ1n) is 6.51. The van der Waals surface area contributed by atoms with E-state index in [0.29, 0.717) is 10.1 Å². The maximum Gasteiger partial charge on any atom is 0.317 e.